The Bertz CT molecular complexity index is 1520. The fraction of sp³-hybridized carbons (Fsp3) is 0.172. The van der Waals surface area contributed by atoms with Crippen LogP contribution in [0, 0.1) is 5.82 Å². The zero-order chi connectivity index (χ0) is 25.4. The number of urea groups is 1. The molecular weight excluding hydrogens is 469 g/mol. The first-order valence-corrected chi connectivity index (χ1v) is 12.3. The van der Waals surface area contributed by atoms with Crippen LogP contribution in [0.15, 0.2) is 95.7 Å². The molecule has 2 aromatic carbocycles. The highest BCUT2D eigenvalue weighted by molar-refractivity contribution is 5.76. The van der Waals surface area contributed by atoms with Gasteiger partial charge in [-0.15, -0.1) is 0 Å². The van der Waals surface area contributed by atoms with Gasteiger partial charge in [-0.25, -0.2) is 13.9 Å². The number of benzene rings is 2. The molecule has 1 aliphatic rings. The number of rotatable bonds is 5. The molecule has 1 aliphatic heterocycles. The van der Waals surface area contributed by atoms with Crippen LogP contribution in [-0.2, 0) is 19.5 Å². The van der Waals surface area contributed by atoms with Crippen molar-refractivity contribution >= 4 is 6.03 Å². The molecule has 0 aliphatic carbocycles. The van der Waals surface area contributed by atoms with Crippen molar-refractivity contribution in [2.45, 2.75) is 32.5 Å². The van der Waals surface area contributed by atoms with Gasteiger partial charge in [0, 0.05) is 11.8 Å². The van der Waals surface area contributed by atoms with E-state index in [0.29, 0.717) is 18.7 Å². The lowest BCUT2D eigenvalue weighted by Gasteiger charge is -2.31. The van der Waals surface area contributed by atoms with Crippen LogP contribution < -0.4 is 5.32 Å². The van der Waals surface area contributed by atoms with E-state index in [0.717, 1.165) is 34.0 Å². The Kier molecular flexibility index (Phi) is 5.84. The smallest absolute Gasteiger partial charge is 0.318 e. The number of carbonyl (C=O) groups is 1. The molecule has 7 nitrogen and oxygen atoms in total. The van der Waals surface area contributed by atoms with E-state index in [-0.39, 0.29) is 18.4 Å². The Morgan fingerprint density at radius 1 is 1.05 bits per heavy atom. The predicted molar refractivity (Wildman–Crippen MR) is 137 cm³/mol. The zero-order valence-electron chi connectivity index (χ0n) is 20.3. The summed E-state index contributed by atoms with van der Waals surface area (Å²) < 4.78 is 23.4. The molecule has 0 unspecified atom stereocenters. The number of para-hydroxylation sites is 1. The minimum atomic E-state index is -0.450. The maximum Gasteiger partial charge on any atom is 0.318 e. The molecule has 3 aromatic heterocycles. The number of carbonyl (C=O) groups excluding carboxylic acids is 1. The summed E-state index contributed by atoms with van der Waals surface area (Å²) in [5.41, 5.74) is 4.53. The quantitative estimate of drug-likeness (QED) is 0.337. The number of nitrogens with one attached hydrogen (secondary N) is 1. The number of hydrogen-bond donors (Lipinski definition) is 1. The topological polar surface area (TPSA) is 68.2 Å². The van der Waals surface area contributed by atoms with Crippen LogP contribution in [0.2, 0.25) is 0 Å². The Morgan fingerprint density at radius 2 is 1.86 bits per heavy atom. The number of aryl methyl sites for hydroxylation is 1. The van der Waals surface area contributed by atoms with Gasteiger partial charge in [-0.05, 0) is 60.5 Å². The highest BCUT2D eigenvalue weighted by atomic mass is 19.1. The molecule has 1 atom stereocenters. The Morgan fingerprint density at radius 3 is 2.59 bits per heavy atom. The third-order valence-corrected chi connectivity index (χ3v) is 6.74. The Hall–Kier alpha value is -4.59. The molecule has 37 heavy (non-hydrogen) atoms. The summed E-state index contributed by atoms with van der Waals surface area (Å²) in [7, 11) is 0. The molecule has 0 saturated carbocycles. The summed E-state index contributed by atoms with van der Waals surface area (Å²) >= 11 is 0. The van der Waals surface area contributed by atoms with E-state index in [1.165, 1.54) is 12.1 Å². The fourth-order valence-electron chi connectivity index (χ4n) is 5.02. The van der Waals surface area contributed by atoms with Crippen molar-refractivity contribution < 1.29 is 13.6 Å². The first-order chi connectivity index (χ1) is 18.1. The first kappa shape index (κ1) is 22.8. The number of amides is 2. The second-order valence-corrected chi connectivity index (χ2v) is 8.97. The van der Waals surface area contributed by atoms with Gasteiger partial charge in [-0.2, -0.15) is 5.10 Å². The van der Waals surface area contributed by atoms with Gasteiger partial charge in [0.25, 0.3) is 0 Å². The van der Waals surface area contributed by atoms with Gasteiger partial charge in [0.1, 0.15) is 17.4 Å². The van der Waals surface area contributed by atoms with Gasteiger partial charge in [0.2, 0.25) is 0 Å². The molecule has 0 saturated heterocycles. The van der Waals surface area contributed by atoms with Gasteiger partial charge >= 0.3 is 6.03 Å². The predicted octanol–water partition coefficient (Wildman–Crippen LogP) is 5.77. The number of nitrogens with zero attached hydrogens (tertiary/aromatic N) is 4. The molecule has 2 amide bonds. The zero-order valence-corrected chi connectivity index (χ0v) is 20.3. The van der Waals surface area contributed by atoms with E-state index >= 15 is 0 Å². The van der Waals surface area contributed by atoms with Crippen molar-refractivity contribution in [3.8, 4) is 11.5 Å². The second-order valence-electron chi connectivity index (χ2n) is 8.97. The van der Waals surface area contributed by atoms with Crippen molar-refractivity contribution in [2.24, 2.45) is 0 Å². The lowest BCUT2D eigenvalue weighted by Crippen LogP contribution is -2.41. The van der Waals surface area contributed by atoms with Crippen LogP contribution in [0.5, 0.6) is 0 Å². The maximum absolute atomic E-state index is 13.9. The normalized spacial score (nSPS) is 14.6. The van der Waals surface area contributed by atoms with Crippen LogP contribution >= 0.6 is 0 Å². The fourth-order valence-corrected chi connectivity index (χ4v) is 5.02. The average molecular weight is 496 g/mol. The number of furan rings is 1. The van der Waals surface area contributed by atoms with E-state index < -0.39 is 6.04 Å². The third kappa shape index (κ3) is 4.10. The third-order valence-electron chi connectivity index (χ3n) is 6.74. The molecule has 0 bridgehead atoms. The minimum Gasteiger partial charge on any atom is -0.467 e. The molecule has 186 valence electrons. The molecule has 0 fully saturated rings. The summed E-state index contributed by atoms with van der Waals surface area (Å²) in [5, 5.41) is 7.97. The van der Waals surface area contributed by atoms with Crippen molar-refractivity contribution in [1.29, 1.82) is 0 Å². The molecule has 0 spiro atoms. The van der Waals surface area contributed by atoms with Crippen LogP contribution in [0.1, 0.15) is 41.2 Å². The molecule has 1 N–H and O–H groups in total. The van der Waals surface area contributed by atoms with E-state index in [9.17, 15) is 9.18 Å². The maximum atomic E-state index is 13.9. The summed E-state index contributed by atoms with van der Waals surface area (Å²) in [5.74, 6) is 1.24. The summed E-state index contributed by atoms with van der Waals surface area (Å²) in [4.78, 5) is 15.6. The summed E-state index contributed by atoms with van der Waals surface area (Å²) in [6.07, 6.45) is 4.29. The average Bonchev–Trinajstić information content (AvgIpc) is 3.67. The molecule has 5 aromatic rings. The number of hydrogen-bond acceptors (Lipinski definition) is 3. The van der Waals surface area contributed by atoms with E-state index in [1.807, 2.05) is 59.4 Å². The standard InChI is InChI=1S/C29H26FN5O2/c1-2-25-24-19-34(29(36)31-18-23-10-7-17-37-23)27(20-12-14-21(30)15-13-20)26-11-6-16-33(26)28(24)35(32-25)22-8-4-3-5-9-22/h3-17,27H,2,18-19H2,1H3,(H,31,36)/t27-/m1/s1. The van der Waals surface area contributed by atoms with Crippen LogP contribution in [0.4, 0.5) is 9.18 Å². The monoisotopic (exact) mass is 495 g/mol. The van der Waals surface area contributed by atoms with Crippen molar-refractivity contribution in [1.82, 2.24) is 24.6 Å². The van der Waals surface area contributed by atoms with Crippen molar-refractivity contribution in [3.63, 3.8) is 0 Å². The second kappa shape index (κ2) is 9.46. The Labute approximate surface area is 213 Å². The lowest BCUT2D eigenvalue weighted by atomic mass is 10.0. The highest BCUT2D eigenvalue weighted by Gasteiger charge is 2.36. The molecular formula is C29H26FN5O2. The first-order valence-electron chi connectivity index (χ1n) is 12.3. The van der Waals surface area contributed by atoms with Gasteiger partial charge in [0.15, 0.2) is 0 Å². The molecule has 0 radical (unpaired) electrons. The molecule has 4 heterocycles. The highest BCUT2D eigenvalue weighted by Crippen LogP contribution is 2.38. The minimum absolute atomic E-state index is 0.249. The summed E-state index contributed by atoms with van der Waals surface area (Å²) in [6.45, 7) is 2.66. The van der Waals surface area contributed by atoms with Crippen LogP contribution in [0.25, 0.3) is 11.5 Å². The van der Waals surface area contributed by atoms with Gasteiger partial charge in [0.05, 0.1) is 42.5 Å². The van der Waals surface area contributed by atoms with Gasteiger partial charge in [-0.1, -0.05) is 37.3 Å². The molecule has 6 rings (SSSR count). The number of fused-ring (bicyclic) bond motifs is 3. The van der Waals surface area contributed by atoms with E-state index in [1.54, 1.807) is 29.4 Å². The SMILES string of the molecule is CCc1nn(-c2ccccc2)c2c1CN(C(=O)NCc1ccco1)[C@H](c1ccc(F)cc1)c1cccn1-2. The Balaban J connectivity index is 1.52. The van der Waals surface area contributed by atoms with Gasteiger partial charge in [-0.3, -0.25) is 0 Å². The summed E-state index contributed by atoms with van der Waals surface area (Å²) in [6, 6.07) is 23.2. The van der Waals surface area contributed by atoms with E-state index in [4.69, 9.17) is 9.52 Å². The number of halogens is 1. The largest absolute Gasteiger partial charge is 0.467 e. The van der Waals surface area contributed by atoms with E-state index in [2.05, 4.69) is 16.8 Å². The van der Waals surface area contributed by atoms with Crippen LogP contribution in [-0.4, -0.2) is 25.3 Å². The number of aromatic nitrogens is 3. The van der Waals surface area contributed by atoms with Crippen LogP contribution in [0.3, 0.4) is 0 Å². The molecule has 8 heteroatoms. The van der Waals surface area contributed by atoms with Crippen molar-refractivity contribution in [3.05, 3.63) is 125 Å². The van der Waals surface area contributed by atoms with Gasteiger partial charge < -0.3 is 19.2 Å². The lowest BCUT2D eigenvalue weighted by molar-refractivity contribution is 0.179. The van der Waals surface area contributed by atoms with Crippen molar-refractivity contribution in [2.75, 3.05) is 0 Å².